The normalized spacial score (nSPS) is 30.5. The van der Waals surface area contributed by atoms with E-state index in [1.165, 1.54) is 5.54 Å². The van der Waals surface area contributed by atoms with E-state index in [1.807, 2.05) is 13.0 Å². The van der Waals surface area contributed by atoms with Crippen molar-refractivity contribution < 1.29 is 9.53 Å². The lowest BCUT2D eigenvalue weighted by Gasteiger charge is -2.01. The summed E-state index contributed by atoms with van der Waals surface area (Å²) in [7, 11) is 0. The van der Waals surface area contributed by atoms with Gasteiger partial charge in [-0.1, -0.05) is 31.5 Å². The molecule has 0 amide bonds. The van der Waals surface area contributed by atoms with E-state index >= 15 is 0 Å². The molecule has 0 radical (unpaired) electrons. The van der Waals surface area contributed by atoms with E-state index in [0.29, 0.717) is 6.61 Å². The zero-order valence-electron chi connectivity index (χ0n) is 8.21. The fraction of sp³-hybridized carbons (Fsp3) is 0.700. The van der Waals surface area contributed by atoms with Gasteiger partial charge in [-0.2, -0.15) is 0 Å². The van der Waals surface area contributed by atoms with E-state index in [1.54, 1.807) is 0 Å². The number of hydrogen-bond donors (Lipinski definition) is 0. The molecule has 1 fully saturated rings. The topological polar surface area (TPSA) is 26.3 Å². The van der Waals surface area contributed by atoms with E-state index in [4.69, 9.17) is 16.3 Å². The summed E-state index contributed by atoms with van der Waals surface area (Å²) in [5, 5.41) is 0. The molecule has 13 heavy (non-hydrogen) atoms. The number of carbonyl (C=O) groups excluding carboxylic acids is 1. The maximum atomic E-state index is 11.4. The second-order valence-electron chi connectivity index (χ2n) is 3.90. The van der Waals surface area contributed by atoms with E-state index in [9.17, 15) is 4.79 Å². The third-order valence-electron chi connectivity index (χ3n) is 2.73. The Morgan fingerprint density at radius 1 is 1.62 bits per heavy atom. The lowest BCUT2D eigenvalue weighted by molar-refractivity contribution is -0.145. The second-order valence-corrected chi connectivity index (χ2v) is 4.15. The SMILES string of the molecule is CCOC(=O)C1C(/C=C/Cl)C1(C)C. The van der Waals surface area contributed by atoms with Crippen LogP contribution in [0.3, 0.4) is 0 Å². The van der Waals surface area contributed by atoms with Crippen molar-refractivity contribution in [3.63, 3.8) is 0 Å². The highest BCUT2D eigenvalue weighted by atomic mass is 35.5. The molecule has 1 saturated carbocycles. The maximum absolute atomic E-state index is 11.4. The van der Waals surface area contributed by atoms with Crippen LogP contribution < -0.4 is 0 Å². The fourth-order valence-corrected chi connectivity index (χ4v) is 1.95. The van der Waals surface area contributed by atoms with Gasteiger partial charge in [0.05, 0.1) is 12.5 Å². The van der Waals surface area contributed by atoms with Gasteiger partial charge in [-0.15, -0.1) is 0 Å². The van der Waals surface area contributed by atoms with Gasteiger partial charge in [0.25, 0.3) is 0 Å². The molecule has 0 aromatic heterocycles. The molecule has 0 spiro atoms. The van der Waals surface area contributed by atoms with Crippen LogP contribution in [0.25, 0.3) is 0 Å². The zero-order valence-corrected chi connectivity index (χ0v) is 8.97. The van der Waals surface area contributed by atoms with Crippen molar-refractivity contribution in [1.29, 1.82) is 0 Å². The minimum atomic E-state index is -0.104. The molecule has 74 valence electrons. The van der Waals surface area contributed by atoms with Crippen molar-refractivity contribution in [3.8, 4) is 0 Å². The molecule has 0 aromatic rings. The Labute approximate surface area is 83.9 Å². The van der Waals surface area contributed by atoms with Crippen molar-refractivity contribution in [2.45, 2.75) is 20.8 Å². The van der Waals surface area contributed by atoms with Crippen LogP contribution in [0.4, 0.5) is 0 Å². The Bertz CT molecular complexity index is 233. The van der Waals surface area contributed by atoms with Crippen LogP contribution >= 0.6 is 11.6 Å². The Balaban J connectivity index is 2.59. The van der Waals surface area contributed by atoms with Crippen molar-refractivity contribution in [3.05, 3.63) is 11.6 Å². The Kier molecular flexibility index (Phi) is 3.01. The molecule has 2 atom stereocenters. The van der Waals surface area contributed by atoms with E-state index < -0.39 is 0 Å². The second kappa shape index (κ2) is 3.70. The van der Waals surface area contributed by atoms with Gasteiger partial charge in [0.2, 0.25) is 0 Å². The van der Waals surface area contributed by atoms with Crippen LogP contribution in [0.1, 0.15) is 20.8 Å². The molecule has 3 heteroatoms. The molecule has 0 N–H and O–H groups in total. The first-order chi connectivity index (χ1) is 6.05. The monoisotopic (exact) mass is 202 g/mol. The first kappa shape index (κ1) is 10.6. The molecular formula is C10H15ClO2. The van der Waals surface area contributed by atoms with Gasteiger partial charge in [0.1, 0.15) is 0 Å². The van der Waals surface area contributed by atoms with Crippen LogP contribution in [-0.2, 0) is 9.53 Å². The number of rotatable bonds is 3. The molecule has 0 saturated heterocycles. The summed E-state index contributed by atoms with van der Waals surface area (Å²) in [4.78, 5) is 11.4. The average molecular weight is 203 g/mol. The fourth-order valence-electron chi connectivity index (χ4n) is 1.80. The largest absolute Gasteiger partial charge is 0.466 e. The third kappa shape index (κ3) is 1.88. The summed E-state index contributed by atoms with van der Waals surface area (Å²) in [6, 6.07) is 0. The summed E-state index contributed by atoms with van der Waals surface area (Å²) in [6.07, 6.45) is 1.86. The van der Waals surface area contributed by atoms with Gasteiger partial charge in [0, 0.05) is 5.54 Å². The number of hydrogen-bond acceptors (Lipinski definition) is 2. The van der Waals surface area contributed by atoms with E-state index in [2.05, 4.69) is 13.8 Å². The van der Waals surface area contributed by atoms with E-state index in [-0.39, 0.29) is 23.2 Å². The van der Waals surface area contributed by atoms with Crippen LogP contribution in [0.5, 0.6) is 0 Å². The quantitative estimate of drug-likeness (QED) is 0.658. The van der Waals surface area contributed by atoms with Crippen LogP contribution in [-0.4, -0.2) is 12.6 Å². The highest BCUT2D eigenvalue weighted by molar-refractivity contribution is 6.25. The smallest absolute Gasteiger partial charge is 0.310 e. The third-order valence-corrected chi connectivity index (χ3v) is 2.88. The van der Waals surface area contributed by atoms with Crippen molar-refractivity contribution >= 4 is 17.6 Å². The molecule has 0 aliphatic heterocycles. The summed E-state index contributed by atoms with van der Waals surface area (Å²) in [5.74, 6) is 0.124. The molecule has 1 aliphatic rings. The lowest BCUT2D eigenvalue weighted by atomic mass is 10.1. The van der Waals surface area contributed by atoms with Crippen molar-refractivity contribution in [1.82, 2.24) is 0 Å². The summed E-state index contributed by atoms with van der Waals surface area (Å²) in [5.41, 5.74) is 1.49. The minimum Gasteiger partial charge on any atom is -0.466 e. The molecule has 1 aliphatic carbocycles. The predicted octanol–water partition coefficient (Wildman–Crippen LogP) is 2.57. The Morgan fingerprint density at radius 3 is 2.69 bits per heavy atom. The Morgan fingerprint density at radius 2 is 2.23 bits per heavy atom. The molecule has 2 nitrogen and oxygen atoms in total. The molecule has 2 unspecified atom stereocenters. The summed E-state index contributed by atoms with van der Waals surface area (Å²) in [6.45, 7) is 6.37. The van der Waals surface area contributed by atoms with Gasteiger partial charge in [0.15, 0.2) is 0 Å². The van der Waals surface area contributed by atoms with Crippen molar-refractivity contribution in [2.75, 3.05) is 6.61 Å². The number of allylic oxidation sites excluding steroid dienone is 1. The minimum absolute atomic E-state index is 0.0116. The number of halogens is 1. The lowest BCUT2D eigenvalue weighted by Crippen LogP contribution is -2.10. The number of carbonyl (C=O) groups is 1. The highest BCUT2D eigenvalue weighted by Crippen LogP contribution is 2.59. The number of ether oxygens (including phenoxy) is 1. The predicted molar refractivity (Wildman–Crippen MR) is 52.4 cm³/mol. The molecule has 0 bridgehead atoms. The average Bonchev–Trinajstić information content (AvgIpc) is 2.55. The molecule has 0 heterocycles. The van der Waals surface area contributed by atoms with Crippen LogP contribution in [0, 0.1) is 17.3 Å². The van der Waals surface area contributed by atoms with Gasteiger partial charge in [-0.25, -0.2) is 0 Å². The maximum Gasteiger partial charge on any atom is 0.310 e. The zero-order chi connectivity index (χ0) is 10.1. The van der Waals surface area contributed by atoms with Gasteiger partial charge in [-0.05, 0) is 18.3 Å². The van der Waals surface area contributed by atoms with Gasteiger partial charge in [-0.3, -0.25) is 4.79 Å². The van der Waals surface area contributed by atoms with Gasteiger partial charge >= 0.3 is 5.97 Å². The van der Waals surface area contributed by atoms with Crippen LogP contribution in [0.15, 0.2) is 11.6 Å². The molecule has 1 rings (SSSR count). The first-order valence-corrected chi connectivity index (χ1v) is 4.92. The summed E-state index contributed by atoms with van der Waals surface area (Å²) < 4.78 is 4.96. The van der Waals surface area contributed by atoms with Crippen LogP contribution in [0.2, 0.25) is 0 Å². The first-order valence-electron chi connectivity index (χ1n) is 4.49. The number of esters is 1. The molecule has 0 aromatic carbocycles. The summed E-state index contributed by atoms with van der Waals surface area (Å²) >= 11 is 5.48. The molecular weight excluding hydrogens is 188 g/mol. The van der Waals surface area contributed by atoms with E-state index in [0.717, 1.165) is 0 Å². The Hall–Kier alpha value is -0.500. The van der Waals surface area contributed by atoms with Crippen molar-refractivity contribution in [2.24, 2.45) is 17.3 Å². The van der Waals surface area contributed by atoms with Gasteiger partial charge < -0.3 is 4.74 Å². The highest BCUT2D eigenvalue weighted by Gasteiger charge is 2.61. The standard InChI is InChI=1S/C10H15ClO2/c1-4-13-9(12)8-7(5-6-11)10(8,2)3/h5-8H,4H2,1-3H3/b6-5+.